The minimum atomic E-state index is -1.88. The van der Waals surface area contributed by atoms with E-state index < -0.39 is 25.0 Å². The number of nitrogens with two attached hydrogens (primary N) is 2. The summed E-state index contributed by atoms with van der Waals surface area (Å²) in [4.78, 5) is 19.0. The van der Waals surface area contributed by atoms with E-state index in [1.807, 2.05) is 19.1 Å². The Hall–Kier alpha value is -1.43. The van der Waals surface area contributed by atoms with E-state index in [9.17, 15) is 4.79 Å². The van der Waals surface area contributed by atoms with Gasteiger partial charge in [0, 0.05) is 0 Å². The standard InChI is InChI=1S/C9H9N4.C2H4O2.Hg/c1-5-3-2-4-6-7(5)8(10)13-9(11)12-6;1-2(3)4;/h2,4H,1H3,(H4,10,11,12,13);1H3,(H,3,4);/q;;+1/p-1. The van der Waals surface area contributed by atoms with Crippen molar-refractivity contribution in [3.8, 4) is 0 Å². The second-order valence-electron chi connectivity index (χ2n) is 3.99. The molecule has 18 heavy (non-hydrogen) atoms. The Morgan fingerprint density at radius 2 is 2.06 bits per heavy atom. The Balaban J connectivity index is 2.53. The van der Waals surface area contributed by atoms with Crippen molar-refractivity contribution in [1.82, 2.24) is 9.97 Å². The van der Waals surface area contributed by atoms with Gasteiger partial charge in [0.15, 0.2) is 0 Å². The molecular weight excluding hydrogens is 421 g/mol. The monoisotopic (exact) mass is 434 g/mol. The number of nitrogen functional groups attached to an aromatic ring is 2. The van der Waals surface area contributed by atoms with Crippen LogP contribution in [0.15, 0.2) is 12.1 Å². The van der Waals surface area contributed by atoms with Gasteiger partial charge in [0.1, 0.15) is 0 Å². The van der Waals surface area contributed by atoms with Crippen molar-refractivity contribution >= 4 is 31.7 Å². The molecule has 0 unspecified atom stereocenters. The molecule has 0 saturated carbocycles. The quantitative estimate of drug-likeness (QED) is 0.661. The molecule has 0 radical (unpaired) electrons. The molecule has 0 atom stereocenters. The number of carbonyl (C=O) groups excluding carboxylic acids is 1. The molecule has 2 aromatic rings. The van der Waals surface area contributed by atoms with Crippen LogP contribution in [0.4, 0.5) is 11.8 Å². The molecule has 0 aliphatic carbocycles. The van der Waals surface area contributed by atoms with E-state index in [2.05, 4.69) is 9.97 Å². The average molecular weight is 433 g/mol. The summed E-state index contributed by atoms with van der Waals surface area (Å²) in [7, 11) is 0. The number of aromatic nitrogens is 2. The number of anilines is 2. The molecule has 7 heteroatoms. The number of benzene rings is 1. The number of aryl methyl sites for hydroxylation is 1. The summed E-state index contributed by atoms with van der Waals surface area (Å²) < 4.78 is 6.29. The van der Waals surface area contributed by atoms with Gasteiger partial charge in [0.2, 0.25) is 0 Å². The number of rotatable bonds is 2. The summed E-state index contributed by atoms with van der Waals surface area (Å²) >= 11 is -1.88. The van der Waals surface area contributed by atoms with Crippen LogP contribution in [0.25, 0.3) is 10.9 Å². The molecule has 0 aliphatic heterocycles. The Morgan fingerprint density at radius 3 is 2.72 bits per heavy atom. The third-order valence-corrected chi connectivity index (χ3v) is 9.04. The van der Waals surface area contributed by atoms with Crippen LogP contribution in [0.2, 0.25) is 0 Å². The molecule has 0 fully saturated rings. The number of hydrogen-bond donors (Lipinski definition) is 2. The topological polar surface area (TPSA) is 104 Å². The first-order valence-corrected chi connectivity index (χ1v) is 10.4. The molecule has 6 nitrogen and oxygen atoms in total. The Kier molecular flexibility index (Phi) is 3.65. The van der Waals surface area contributed by atoms with Crippen LogP contribution in [-0.2, 0) is 32.5 Å². The van der Waals surface area contributed by atoms with Gasteiger partial charge in [-0.05, 0) is 0 Å². The van der Waals surface area contributed by atoms with E-state index in [0.717, 1.165) is 19.5 Å². The summed E-state index contributed by atoms with van der Waals surface area (Å²) in [5, 5.41) is 0.800. The van der Waals surface area contributed by atoms with Gasteiger partial charge in [-0.2, -0.15) is 0 Å². The first kappa shape index (κ1) is 13.0. The van der Waals surface area contributed by atoms with Crippen molar-refractivity contribution in [2.45, 2.75) is 13.8 Å². The molecule has 90 valence electrons. The zero-order valence-corrected chi connectivity index (χ0v) is 15.7. The number of hydrogen-bond acceptors (Lipinski definition) is 6. The van der Waals surface area contributed by atoms with Gasteiger partial charge in [0.05, 0.1) is 0 Å². The van der Waals surface area contributed by atoms with Crippen molar-refractivity contribution in [3.05, 3.63) is 17.7 Å². The molecule has 0 saturated heterocycles. The summed E-state index contributed by atoms with van der Waals surface area (Å²) in [5.74, 6) is 0.308. The fourth-order valence-corrected chi connectivity index (χ4v) is 5.58. The minimum absolute atomic E-state index is 0.164. The molecular formula is C11H12HgN4O2. The van der Waals surface area contributed by atoms with Gasteiger partial charge in [-0.15, -0.1) is 0 Å². The predicted molar refractivity (Wildman–Crippen MR) is 64.5 cm³/mol. The Labute approximate surface area is 117 Å². The van der Waals surface area contributed by atoms with Crippen LogP contribution in [0.3, 0.4) is 0 Å². The second kappa shape index (κ2) is 5.05. The first-order chi connectivity index (χ1) is 8.49. The maximum atomic E-state index is 10.9. The maximum absolute atomic E-state index is 10.9. The zero-order valence-electron chi connectivity index (χ0n) is 10.2. The van der Waals surface area contributed by atoms with E-state index in [-0.39, 0.29) is 11.9 Å². The van der Waals surface area contributed by atoms with Crippen LogP contribution < -0.4 is 14.5 Å². The Bertz CT molecular complexity index is 630. The number of fused-ring (bicyclic) bond motifs is 1. The van der Waals surface area contributed by atoms with Gasteiger partial charge < -0.3 is 0 Å². The third kappa shape index (κ3) is 2.53. The number of nitrogens with zero attached hydrogens (tertiary/aromatic N) is 2. The molecule has 0 amide bonds. The van der Waals surface area contributed by atoms with Crippen molar-refractivity contribution in [3.63, 3.8) is 0 Å². The van der Waals surface area contributed by atoms with Crippen molar-refractivity contribution in [2.75, 3.05) is 11.5 Å². The van der Waals surface area contributed by atoms with Crippen LogP contribution in [-0.4, -0.2) is 15.9 Å². The van der Waals surface area contributed by atoms with E-state index in [0.29, 0.717) is 5.82 Å². The normalized spacial score (nSPS) is 10.1. The van der Waals surface area contributed by atoms with Gasteiger partial charge in [0.25, 0.3) is 0 Å². The van der Waals surface area contributed by atoms with Gasteiger partial charge in [-0.3, -0.25) is 0 Å². The van der Waals surface area contributed by atoms with Crippen molar-refractivity contribution < 1.29 is 32.5 Å². The molecule has 1 heterocycles. The molecule has 4 N–H and O–H groups in total. The van der Waals surface area contributed by atoms with Crippen molar-refractivity contribution in [2.24, 2.45) is 0 Å². The van der Waals surface area contributed by atoms with E-state index >= 15 is 0 Å². The van der Waals surface area contributed by atoms with E-state index in [1.165, 1.54) is 6.92 Å². The van der Waals surface area contributed by atoms with Crippen LogP contribution in [0.5, 0.6) is 0 Å². The molecule has 0 bridgehead atoms. The molecule has 0 spiro atoms. The summed E-state index contributed by atoms with van der Waals surface area (Å²) in [6.07, 6.45) is 0. The zero-order chi connectivity index (χ0) is 13.3. The van der Waals surface area contributed by atoms with E-state index in [4.69, 9.17) is 14.1 Å². The average Bonchev–Trinajstić information content (AvgIpc) is 2.26. The summed E-state index contributed by atoms with van der Waals surface area (Å²) in [5.41, 5.74) is 13.1. The summed E-state index contributed by atoms with van der Waals surface area (Å²) in [6.45, 7) is 3.37. The molecule has 1 aromatic heterocycles. The fraction of sp³-hybridized carbons (Fsp3) is 0.182. The van der Waals surface area contributed by atoms with Crippen LogP contribution >= 0.6 is 0 Å². The van der Waals surface area contributed by atoms with Crippen LogP contribution in [0.1, 0.15) is 12.5 Å². The molecule has 2 rings (SSSR count). The third-order valence-electron chi connectivity index (χ3n) is 2.71. The predicted octanol–water partition coefficient (Wildman–Crippen LogP) is 0.289. The van der Waals surface area contributed by atoms with Gasteiger partial charge >= 0.3 is 117 Å². The SMILES string of the molecule is CC(=O)[O][Hg][c]1ccc2nc(N)nc(N)c2c1C. The van der Waals surface area contributed by atoms with Gasteiger partial charge in [-0.1, -0.05) is 0 Å². The second-order valence-corrected chi connectivity index (χ2v) is 9.20. The van der Waals surface area contributed by atoms with Gasteiger partial charge in [-0.25, -0.2) is 0 Å². The van der Waals surface area contributed by atoms with Crippen molar-refractivity contribution in [1.29, 1.82) is 0 Å². The van der Waals surface area contributed by atoms with E-state index in [1.54, 1.807) is 0 Å². The molecule has 1 aromatic carbocycles. The van der Waals surface area contributed by atoms with Crippen LogP contribution in [0, 0.1) is 6.92 Å². The summed E-state index contributed by atoms with van der Waals surface area (Å²) in [6, 6.07) is 3.78. The Morgan fingerprint density at radius 1 is 1.33 bits per heavy atom. The first-order valence-electron chi connectivity index (χ1n) is 5.43. The fourth-order valence-electron chi connectivity index (χ4n) is 1.82. The molecule has 0 aliphatic rings. The number of carbonyl (C=O) groups is 1.